The fourth-order valence-corrected chi connectivity index (χ4v) is 2.31. The second kappa shape index (κ2) is 4.68. The van der Waals surface area contributed by atoms with E-state index in [1.54, 1.807) is 17.4 Å². The van der Waals surface area contributed by atoms with Gasteiger partial charge in [0.2, 0.25) is 0 Å². The first-order valence-electron chi connectivity index (χ1n) is 5.05. The lowest BCUT2D eigenvalue weighted by atomic mass is 10.3. The number of nitrogens with one attached hydrogen (secondary N) is 1. The first-order valence-corrected chi connectivity index (χ1v) is 5.87. The predicted octanol–water partition coefficient (Wildman–Crippen LogP) is 2.94. The molecule has 1 heterocycles. The van der Waals surface area contributed by atoms with Crippen molar-refractivity contribution < 1.29 is 4.39 Å². The van der Waals surface area contributed by atoms with Crippen molar-refractivity contribution in [1.82, 2.24) is 10.3 Å². The molecule has 0 saturated heterocycles. The minimum absolute atomic E-state index is 0.221. The summed E-state index contributed by atoms with van der Waals surface area (Å²) in [6.45, 7) is 3.89. The van der Waals surface area contributed by atoms with Crippen LogP contribution in [0, 0.1) is 5.82 Å². The third kappa shape index (κ3) is 2.52. The van der Waals surface area contributed by atoms with Gasteiger partial charge in [-0.2, -0.15) is 0 Å². The number of fused-ring (bicyclic) bond motifs is 1. The number of rotatable bonds is 4. The van der Waals surface area contributed by atoms with Crippen molar-refractivity contribution in [2.24, 2.45) is 0 Å². The number of hydrogen-bond acceptors (Lipinski definition) is 3. The Morgan fingerprint density at radius 2 is 2.33 bits per heavy atom. The van der Waals surface area contributed by atoms with Gasteiger partial charge in [0.05, 0.1) is 10.2 Å². The molecule has 0 spiro atoms. The highest BCUT2D eigenvalue weighted by atomic mass is 32.1. The SMILES string of the molecule is CCCNCc1nc2cc(F)ccc2s1. The average molecular weight is 224 g/mol. The number of hydrogen-bond donors (Lipinski definition) is 1. The molecule has 0 aliphatic heterocycles. The zero-order valence-electron chi connectivity index (χ0n) is 8.59. The predicted molar refractivity (Wildman–Crippen MR) is 61.6 cm³/mol. The van der Waals surface area contributed by atoms with Crippen molar-refractivity contribution in [3.05, 3.63) is 29.0 Å². The van der Waals surface area contributed by atoms with Crippen molar-refractivity contribution in [2.75, 3.05) is 6.54 Å². The van der Waals surface area contributed by atoms with Crippen LogP contribution in [0.1, 0.15) is 18.4 Å². The minimum Gasteiger partial charge on any atom is -0.310 e. The zero-order valence-corrected chi connectivity index (χ0v) is 9.40. The molecule has 0 unspecified atom stereocenters. The number of halogens is 1. The Morgan fingerprint density at radius 1 is 1.47 bits per heavy atom. The molecular formula is C11H13FN2S. The molecule has 1 N–H and O–H groups in total. The van der Waals surface area contributed by atoms with E-state index in [4.69, 9.17) is 0 Å². The molecule has 0 amide bonds. The van der Waals surface area contributed by atoms with Gasteiger partial charge in [-0.05, 0) is 25.1 Å². The molecule has 2 nitrogen and oxygen atoms in total. The fourth-order valence-electron chi connectivity index (χ4n) is 1.40. The Morgan fingerprint density at radius 3 is 3.13 bits per heavy atom. The van der Waals surface area contributed by atoms with Crippen LogP contribution in [0.4, 0.5) is 4.39 Å². The zero-order chi connectivity index (χ0) is 10.7. The molecule has 0 atom stereocenters. The van der Waals surface area contributed by atoms with Gasteiger partial charge in [-0.3, -0.25) is 0 Å². The van der Waals surface area contributed by atoms with E-state index in [-0.39, 0.29) is 5.82 Å². The van der Waals surface area contributed by atoms with Crippen LogP contribution >= 0.6 is 11.3 Å². The number of aromatic nitrogens is 1. The van der Waals surface area contributed by atoms with E-state index in [0.29, 0.717) is 0 Å². The van der Waals surface area contributed by atoms with Gasteiger partial charge in [0.25, 0.3) is 0 Å². The Hall–Kier alpha value is -1.00. The summed E-state index contributed by atoms with van der Waals surface area (Å²) in [6, 6.07) is 4.74. The summed E-state index contributed by atoms with van der Waals surface area (Å²) in [5.41, 5.74) is 0.758. The van der Waals surface area contributed by atoms with Crippen LogP contribution in [0.2, 0.25) is 0 Å². The molecule has 2 rings (SSSR count). The standard InChI is InChI=1S/C11H13FN2S/c1-2-5-13-7-11-14-9-6-8(12)3-4-10(9)15-11/h3-4,6,13H,2,5,7H2,1H3. The highest BCUT2D eigenvalue weighted by molar-refractivity contribution is 7.18. The number of thiazole rings is 1. The maximum Gasteiger partial charge on any atom is 0.125 e. The van der Waals surface area contributed by atoms with Gasteiger partial charge < -0.3 is 5.32 Å². The summed E-state index contributed by atoms with van der Waals surface area (Å²) in [7, 11) is 0. The van der Waals surface area contributed by atoms with Crippen molar-refractivity contribution >= 4 is 21.6 Å². The highest BCUT2D eigenvalue weighted by Crippen LogP contribution is 2.22. The van der Waals surface area contributed by atoms with E-state index < -0.39 is 0 Å². The Bertz CT molecular complexity index is 453. The van der Waals surface area contributed by atoms with E-state index in [1.807, 2.05) is 0 Å². The van der Waals surface area contributed by atoms with Gasteiger partial charge in [0.1, 0.15) is 10.8 Å². The van der Waals surface area contributed by atoms with E-state index in [2.05, 4.69) is 17.2 Å². The molecule has 15 heavy (non-hydrogen) atoms. The number of benzene rings is 1. The van der Waals surface area contributed by atoms with Crippen LogP contribution in [-0.2, 0) is 6.54 Å². The highest BCUT2D eigenvalue weighted by Gasteiger charge is 2.03. The van der Waals surface area contributed by atoms with Crippen molar-refractivity contribution in [2.45, 2.75) is 19.9 Å². The van der Waals surface area contributed by atoms with Crippen LogP contribution in [0.5, 0.6) is 0 Å². The summed E-state index contributed by atoms with van der Waals surface area (Å²) < 4.78 is 13.9. The fraction of sp³-hybridized carbons (Fsp3) is 0.364. The van der Waals surface area contributed by atoms with Crippen molar-refractivity contribution in [1.29, 1.82) is 0 Å². The molecule has 0 aliphatic rings. The van der Waals surface area contributed by atoms with Crippen LogP contribution in [0.25, 0.3) is 10.2 Å². The topological polar surface area (TPSA) is 24.9 Å². The molecule has 1 aromatic heterocycles. The molecular weight excluding hydrogens is 211 g/mol. The summed E-state index contributed by atoms with van der Waals surface area (Å²) in [5, 5.41) is 4.30. The quantitative estimate of drug-likeness (QED) is 0.808. The monoisotopic (exact) mass is 224 g/mol. The normalized spacial score (nSPS) is 11.1. The Kier molecular flexibility index (Phi) is 3.28. The molecule has 0 fully saturated rings. The minimum atomic E-state index is -0.221. The molecule has 4 heteroatoms. The second-order valence-corrected chi connectivity index (χ2v) is 4.51. The summed E-state index contributed by atoms with van der Waals surface area (Å²) in [6.07, 6.45) is 1.11. The van der Waals surface area contributed by atoms with Gasteiger partial charge in [-0.1, -0.05) is 6.92 Å². The van der Waals surface area contributed by atoms with Crippen molar-refractivity contribution in [3.8, 4) is 0 Å². The molecule has 0 aliphatic carbocycles. The smallest absolute Gasteiger partial charge is 0.125 e. The van der Waals surface area contributed by atoms with Gasteiger partial charge in [-0.25, -0.2) is 9.37 Å². The van der Waals surface area contributed by atoms with E-state index >= 15 is 0 Å². The van der Waals surface area contributed by atoms with Crippen molar-refractivity contribution in [3.63, 3.8) is 0 Å². The first-order chi connectivity index (χ1) is 7.29. The average Bonchev–Trinajstić information content (AvgIpc) is 2.60. The summed E-state index contributed by atoms with van der Waals surface area (Å²) in [4.78, 5) is 4.36. The van der Waals surface area contributed by atoms with Crippen LogP contribution in [0.15, 0.2) is 18.2 Å². The second-order valence-electron chi connectivity index (χ2n) is 3.40. The van der Waals surface area contributed by atoms with E-state index in [0.717, 1.165) is 34.7 Å². The van der Waals surface area contributed by atoms with Gasteiger partial charge in [0.15, 0.2) is 0 Å². The van der Waals surface area contributed by atoms with Gasteiger partial charge in [-0.15, -0.1) is 11.3 Å². The molecule has 0 radical (unpaired) electrons. The maximum absolute atomic E-state index is 12.9. The van der Waals surface area contributed by atoms with Gasteiger partial charge >= 0.3 is 0 Å². The molecule has 1 aromatic carbocycles. The third-order valence-corrected chi connectivity index (χ3v) is 3.13. The molecule has 0 saturated carbocycles. The lowest BCUT2D eigenvalue weighted by Crippen LogP contribution is -2.13. The number of nitrogens with zero attached hydrogens (tertiary/aromatic N) is 1. The van der Waals surface area contributed by atoms with Crippen LogP contribution < -0.4 is 5.32 Å². The summed E-state index contributed by atoms with van der Waals surface area (Å²) >= 11 is 1.62. The van der Waals surface area contributed by atoms with Crippen LogP contribution in [0.3, 0.4) is 0 Å². The van der Waals surface area contributed by atoms with E-state index in [9.17, 15) is 4.39 Å². The Labute approximate surface area is 92.1 Å². The Balaban J connectivity index is 2.16. The summed E-state index contributed by atoms with van der Waals surface area (Å²) in [5.74, 6) is -0.221. The van der Waals surface area contributed by atoms with E-state index in [1.165, 1.54) is 12.1 Å². The van der Waals surface area contributed by atoms with Crippen LogP contribution in [-0.4, -0.2) is 11.5 Å². The van der Waals surface area contributed by atoms with Gasteiger partial charge in [0, 0.05) is 12.6 Å². The lowest BCUT2D eigenvalue weighted by molar-refractivity contribution is 0.629. The molecule has 2 aromatic rings. The lowest BCUT2D eigenvalue weighted by Gasteiger charge is -1.96. The third-order valence-electron chi connectivity index (χ3n) is 2.10. The molecule has 0 bridgehead atoms. The first kappa shape index (κ1) is 10.5. The largest absolute Gasteiger partial charge is 0.310 e. The molecule has 80 valence electrons. The maximum atomic E-state index is 12.9.